The van der Waals surface area contributed by atoms with Gasteiger partial charge in [0.2, 0.25) is 15.9 Å². The number of amides is 1. The summed E-state index contributed by atoms with van der Waals surface area (Å²) in [7, 11) is -0.295. The number of carbonyl (C=O) groups excluding carboxylic acids is 1. The number of methoxy groups -OCH3 is 1. The highest BCUT2D eigenvalue weighted by Gasteiger charge is 2.29. The molecule has 1 saturated heterocycles. The van der Waals surface area contributed by atoms with Gasteiger partial charge in [0, 0.05) is 32.3 Å². The van der Waals surface area contributed by atoms with Gasteiger partial charge < -0.3 is 9.64 Å². The Hall–Kier alpha value is -1.86. The molecule has 1 aliphatic heterocycles. The van der Waals surface area contributed by atoms with Crippen molar-refractivity contribution in [1.82, 2.24) is 9.21 Å². The number of ether oxygens (including phenoxy) is 1. The van der Waals surface area contributed by atoms with E-state index >= 15 is 0 Å². The van der Waals surface area contributed by atoms with Crippen molar-refractivity contribution in [1.29, 1.82) is 0 Å². The van der Waals surface area contributed by atoms with E-state index < -0.39 is 10.0 Å². The molecular weight excluding hydrogens is 388 g/mol. The van der Waals surface area contributed by atoms with Gasteiger partial charge in [0.25, 0.3) is 0 Å². The molecule has 1 aromatic rings. The zero-order chi connectivity index (χ0) is 20.9. The number of hydrogen-bond donors (Lipinski definition) is 0. The van der Waals surface area contributed by atoms with E-state index in [1.54, 1.807) is 24.3 Å². The van der Waals surface area contributed by atoms with Crippen molar-refractivity contribution in [3.63, 3.8) is 0 Å². The van der Waals surface area contributed by atoms with E-state index in [0.29, 0.717) is 30.4 Å². The average Bonchev–Trinajstić information content (AvgIpc) is 2.77. The standard InChI is InChI=1S/C22H32N2O4S/c1-23(19-9-5-3-6-10-19)22(25)14-12-18-11-13-20(28-2)21(17-18)29(26,27)24-15-7-4-8-16-24/h11-14,17,19H,3-10,15-16H2,1-2H3/b14-12+. The molecule has 0 aromatic heterocycles. The smallest absolute Gasteiger partial charge is 0.246 e. The zero-order valence-electron chi connectivity index (χ0n) is 17.5. The highest BCUT2D eigenvalue weighted by molar-refractivity contribution is 7.89. The van der Waals surface area contributed by atoms with E-state index in [4.69, 9.17) is 4.74 Å². The Morgan fingerprint density at radius 1 is 1.10 bits per heavy atom. The first-order chi connectivity index (χ1) is 13.9. The third-order valence-electron chi connectivity index (χ3n) is 6.01. The third-order valence-corrected chi connectivity index (χ3v) is 7.93. The lowest BCUT2D eigenvalue weighted by Crippen LogP contribution is -2.37. The van der Waals surface area contributed by atoms with Gasteiger partial charge in [-0.2, -0.15) is 4.31 Å². The molecule has 1 saturated carbocycles. The third kappa shape index (κ3) is 5.20. The number of piperidine rings is 1. The van der Waals surface area contributed by atoms with Gasteiger partial charge in [-0.15, -0.1) is 0 Å². The van der Waals surface area contributed by atoms with Crippen LogP contribution >= 0.6 is 0 Å². The van der Waals surface area contributed by atoms with Crippen LogP contribution in [0.15, 0.2) is 29.2 Å². The van der Waals surface area contributed by atoms with Gasteiger partial charge in [0.15, 0.2) is 0 Å². The summed E-state index contributed by atoms with van der Waals surface area (Å²) in [6.45, 7) is 1.08. The largest absolute Gasteiger partial charge is 0.495 e. The Morgan fingerprint density at radius 2 is 1.76 bits per heavy atom. The van der Waals surface area contributed by atoms with Crippen LogP contribution in [0.1, 0.15) is 56.9 Å². The number of rotatable bonds is 6. The maximum atomic E-state index is 13.1. The second-order valence-corrected chi connectivity index (χ2v) is 9.86. The van der Waals surface area contributed by atoms with Crippen molar-refractivity contribution in [2.45, 2.75) is 62.3 Å². The van der Waals surface area contributed by atoms with E-state index in [1.807, 2.05) is 11.9 Å². The second-order valence-electron chi connectivity index (χ2n) is 7.95. The maximum absolute atomic E-state index is 13.1. The van der Waals surface area contributed by atoms with Crippen molar-refractivity contribution in [3.8, 4) is 5.75 Å². The molecule has 3 rings (SSSR count). The number of hydrogen-bond acceptors (Lipinski definition) is 4. The summed E-state index contributed by atoms with van der Waals surface area (Å²) in [6.07, 6.45) is 11.7. The summed E-state index contributed by atoms with van der Waals surface area (Å²) in [5, 5.41) is 0. The average molecular weight is 421 g/mol. The van der Waals surface area contributed by atoms with Gasteiger partial charge in [-0.3, -0.25) is 4.79 Å². The molecule has 6 nitrogen and oxygen atoms in total. The molecule has 0 radical (unpaired) electrons. The van der Waals surface area contributed by atoms with Crippen molar-refractivity contribution < 1.29 is 17.9 Å². The molecule has 1 aliphatic carbocycles. The number of likely N-dealkylation sites (N-methyl/N-ethyl adjacent to an activating group) is 1. The van der Waals surface area contributed by atoms with Crippen LogP contribution in [0.2, 0.25) is 0 Å². The molecule has 29 heavy (non-hydrogen) atoms. The summed E-state index contributed by atoms with van der Waals surface area (Å²) in [6, 6.07) is 5.34. The van der Waals surface area contributed by atoms with Gasteiger partial charge in [-0.25, -0.2) is 8.42 Å². The van der Waals surface area contributed by atoms with Gasteiger partial charge in [-0.1, -0.05) is 31.7 Å². The summed E-state index contributed by atoms with van der Waals surface area (Å²) in [5.74, 6) is 0.284. The highest BCUT2D eigenvalue weighted by atomic mass is 32.2. The highest BCUT2D eigenvalue weighted by Crippen LogP contribution is 2.30. The molecule has 7 heteroatoms. The summed E-state index contributed by atoms with van der Waals surface area (Å²) >= 11 is 0. The molecule has 0 N–H and O–H groups in total. The molecule has 2 fully saturated rings. The van der Waals surface area contributed by atoms with Gasteiger partial charge in [-0.05, 0) is 49.5 Å². The van der Waals surface area contributed by atoms with Gasteiger partial charge in [0.1, 0.15) is 10.6 Å². The van der Waals surface area contributed by atoms with E-state index in [9.17, 15) is 13.2 Å². The van der Waals surface area contributed by atoms with Crippen LogP contribution in [0.25, 0.3) is 6.08 Å². The van der Waals surface area contributed by atoms with Crippen LogP contribution in [-0.2, 0) is 14.8 Å². The minimum Gasteiger partial charge on any atom is -0.495 e. The lowest BCUT2D eigenvalue weighted by molar-refractivity contribution is -0.127. The first-order valence-electron chi connectivity index (χ1n) is 10.6. The zero-order valence-corrected chi connectivity index (χ0v) is 18.3. The number of carbonyl (C=O) groups is 1. The number of sulfonamides is 1. The van der Waals surface area contributed by atoms with Gasteiger partial charge >= 0.3 is 0 Å². The van der Waals surface area contributed by atoms with E-state index in [1.165, 1.54) is 36.8 Å². The topological polar surface area (TPSA) is 66.9 Å². The molecule has 0 unspecified atom stereocenters. The minimum atomic E-state index is -3.62. The lowest BCUT2D eigenvalue weighted by atomic mass is 9.94. The predicted octanol–water partition coefficient (Wildman–Crippen LogP) is 3.67. The molecule has 1 aromatic carbocycles. The SMILES string of the molecule is COc1ccc(/C=C/C(=O)N(C)C2CCCCC2)cc1S(=O)(=O)N1CCCCC1. The Labute approximate surface area is 174 Å². The molecule has 2 aliphatic rings. The molecule has 1 amide bonds. The van der Waals surface area contributed by atoms with Crippen molar-refractivity contribution in [2.24, 2.45) is 0 Å². The summed E-state index contributed by atoms with van der Waals surface area (Å²) < 4.78 is 33.1. The van der Waals surface area contributed by atoms with Gasteiger partial charge in [0.05, 0.1) is 7.11 Å². The normalized spacial score (nSPS) is 19.4. The van der Waals surface area contributed by atoms with Crippen LogP contribution in [0.3, 0.4) is 0 Å². The summed E-state index contributed by atoms with van der Waals surface area (Å²) in [4.78, 5) is 14.5. The Bertz CT molecular complexity index is 838. The predicted molar refractivity (Wildman–Crippen MR) is 114 cm³/mol. The lowest BCUT2D eigenvalue weighted by Gasteiger charge is -2.30. The van der Waals surface area contributed by atoms with E-state index in [2.05, 4.69) is 0 Å². The Kier molecular flexibility index (Phi) is 7.35. The van der Waals surface area contributed by atoms with Crippen molar-refractivity contribution >= 4 is 22.0 Å². The number of nitrogens with zero attached hydrogens (tertiary/aromatic N) is 2. The molecule has 1 heterocycles. The molecule has 0 spiro atoms. The Balaban J connectivity index is 1.79. The molecule has 160 valence electrons. The van der Waals surface area contributed by atoms with Crippen LogP contribution in [0.4, 0.5) is 0 Å². The number of benzene rings is 1. The van der Waals surface area contributed by atoms with Crippen LogP contribution in [-0.4, -0.2) is 56.8 Å². The maximum Gasteiger partial charge on any atom is 0.246 e. The van der Waals surface area contributed by atoms with Crippen LogP contribution in [0, 0.1) is 0 Å². The van der Waals surface area contributed by atoms with E-state index in [-0.39, 0.29) is 10.8 Å². The quantitative estimate of drug-likeness (QED) is 0.659. The fraction of sp³-hybridized carbons (Fsp3) is 0.591. The fourth-order valence-corrected chi connectivity index (χ4v) is 5.88. The van der Waals surface area contributed by atoms with Crippen molar-refractivity contribution in [2.75, 3.05) is 27.2 Å². The van der Waals surface area contributed by atoms with Crippen molar-refractivity contribution in [3.05, 3.63) is 29.8 Å². The van der Waals surface area contributed by atoms with Crippen LogP contribution in [0.5, 0.6) is 5.75 Å². The second kappa shape index (κ2) is 9.76. The first kappa shape index (κ1) is 21.8. The molecular formula is C22H32N2O4S. The molecule has 0 bridgehead atoms. The van der Waals surface area contributed by atoms with Crippen LogP contribution < -0.4 is 4.74 Å². The first-order valence-corrected chi connectivity index (χ1v) is 12.0. The fourth-order valence-electron chi connectivity index (χ4n) is 4.18. The molecule has 0 atom stereocenters. The minimum absolute atomic E-state index is 0.0480. The summed E-state index contributed by atoms with van der Waals surface area (Å²) in [5.41, 5.74) is 0.673. The monoisotopic (exact) mass is 420 g/mol. The Morgan fingerprint density at radius 3 is 2.41 bits per heavy atom. The van der Waals surface area contributed by atoms with E-state index in [0.717, 1.165) is 32.1 Å².